The van der Waals surface area contributed by atoms with E-state index in [0.29, 0.717) is 24.6 Å². The smallest absolute Gasteiger partial charge is 0.263 e. The van der Waals surface area contributed by atoms with Crippen LogP contribution in [-0.2, 0) is 10.0 Å². The number of benzene rings is 1. The molecule has 0 amide bonds. The van der Waals surface area contributed by atoms with E-state index in [2.05, 4.69) is 20.0 Å². The summed E-state index contributed by atoms with van der Waals surface area (Å²) < 4.78 is 33.2. The van der Waals surface area contributed by atoms with E-state index in [1.54, 1.807) is 30.6 Å². The molecule has 27 heavy (non-hydrogen) atoms. The van der Waals surface area contributed by atoms with E-state index in [0.717, 1.165) is 11.3 Å². The molecule has 0 bridgehead atoms. The minimum Gasteiger partial charge on any atom is -0.492 e. The van der Waals surface area contributed by atoms with Gasteiger partial charge in [0, 0.05) is 43.1 Å². The monoisotopic (exact) mass is 384 g/mol. The molecule has 8 heteroatoms. The van der Waals surface area contributed by atoms with Gasteiger partial charge in [0.05, 0.1) is 5.69 Å². The van der Waals surface area contributed by atoms with Crippen LogP contribution in [0.4, 0.5) is 11.4 Å². The predicted molar refractivity (Wildman–Crippen MR) is 104 cm³/mol. The average molecular weight is 384 g/mol. The van der Waals surface area contributed by atoms with Crippen molar-refractivity contribution in [1.29, 1.82) is 0 Å². The van der Waals surface area contributed by atoms with E-state index >= 15 is 0 Å². The van der Waals surface area contributed by atoms with Crippen molar-refractivity contribution in [1.82, 2.24) is 9.97 Å². The molecule has 0 fully saturated rings. The van der Waals surface area contributed by atoms with Crippen LogP contribution in [0.2, 0.25) is 0 Å². The van der Waals surface area contributed by atoms with Crippen molar-refractivity contribution in [2.24, 2.45) is 0 Å². The van der Waals surface area contributed by atoms with Gasteiger partial charge in [0.15, 0.2) is 0 Å². The van der Waals surface area contributed by atoms with Crippen LogP contribution in [0.3, 0.4) is 0 Å². The second-order valence-corrected chi connectivity index (χ2v) is 7.52. The summed E-state index contributed by atoms with van der Waals surface area (Å²) in [5, 5.41) is 3.22. The fourth-order valence-corrected chi connectivity index (χ4v) is 3.45. The molecule has 0 spiro atoms. The second-order valence-electron chi connectivity index (χ2n) is 5.84. The fraction of sp³-hybridized carbons (Fsp3) is 0.158. The first-order valence-electron chi connectivity index (χ1n) is 8.34. The maximum Gasteiger partial charge on any atom is 0.263 e. The van der Waals surface area contributed by atoms with Crippen molar-refractivity contribution in [3.63, 3.8) is 0 Å². The summed E-state index contributed by atoms with van der Waals surface area (Å²) in [7, 11) is -3.69. The Hall–Kier alpha value is -3.13. The molecule has 0 aliphatic rings. The maximum absolute atomic E-state index is 12.4. The minimum atomic E-state index is -3.69. The molecule has 3 aromatic rings. The van der Waals surface area contributed by atoms with Crippen LogP contribution < -0.4 is 14.8 Å². The summed E-state index contributed by atoms with van der Waals surface area (Å²) in [5.74, 6) is 0.593. The Labute approximate surface area is 158 Å². The number of ether oxygens (including phenoxy) is 1. The molecular weight excluding hydrogens is 364 g/mol. The number of aryl methyl sites for hydroxylation is 1. The van der Waals surface area contributed by atoms with Gasteiger partial charge in [0.25, 0.3) is 10.0 Å². The van der Waals surface area contributed by atoms with Crippen molar-refractivity contribution >= 4 is 21.4 Å². The van der Waals surface area contributed by atoms with Crippen molar-refractivity contribution in [2.45, 2.75) is 11.8 Å². The number of rotatable bonds is 8. The highest BCUT2D eigenvalue weighted by molar-refractivity contribution is 7.92. The fourth-order valence-electron chi connectivity index (χ4n) is 2.44. The summed E-state index contributed by atoms with van der Waals surface area (Å²) >= 11 is 0. The Morgan fingerprint density at radius 3 is 2.56 bits per heavy atom. The van der Waals surface area contributed by atoms with Crippen LogP contribution in [0.5, 0.6) is 5.75 Å². The van der Waals surface area contributed by atoms with Crippen LogP contribution in [0, 0.1) is 6.92 Å². The molecule has 3 rings (SSSR count). The molecule has 140 valence electrons. The lowest BCUT2D eigenvalue weighted by atomic mass is 10.2. The van der Waals surface area contributed by atoms with Gasteiger partial charge in [0.2, 0.25) is 0 Å². The lowest BCUT2D eigenvalue weighted by Crippen LogP contribution is -2.14. The minimum absolute atomic E-state index is 0.107. The van der Waals surface area contributed by atoms with Gasteiger partial charge >= 0.3 is 0 Å². The van der Waals surface area contributed by atoms with Crippen molar-refractivity contribution in [3.05, 3.63) is 72.8 Å². The van der Waals surface area contributed by atoms with E-state index in [4.69, 9.17) is 4.74 Å². The van der Waals surface area contributed by atoms with Crippen molar-refractivity contribution < 1.29 is 13.2 Å². The summed E-state index contributed by atoms with van der Waals surface area (Å²) in [6.07, 6.45) is 6.26. The molecule has 7 nitrogen and oxygen atoms in total. The van der Waals surface area contributed by atoms with Crippen LogP contribution in [0.25, 0.3) is 0 Å². The van der Waals surface area contributed by atoms with E-state index in [-0.39, 0.29) is 4.90 Å². The highest BCUT2D eigenvalue weighted by Crippen LogP contribution is 2.23. The van der Waals surface area contributed by atoms with Gasteiger partial charge in [-0.05, 0) is 48.9 Å². The molecule has 0 unspecified atom stereocenters. The normalized spacial score (nSPS) is 11.0. The summed E-state index contributed by atoms with van der Waals surface area (Å²) in [4.78, 5) is 7.92. The Morgan fingerprint density at radius 2 is 1.81 bits per heavy atom. The molecule has 0 saturated heterocycles. The highest BCUT2D eigenvalue weighted by atomic mass is 32.2. The van der Waals surface area contributed by atoms with Crippen LogP contribution in [0.15, 0.2) is 72.1 Å². The largest absolute Gasteiger partial charge is 0.492 e. The number of hydrogen-bond acceptors (Lipinski definition) is 6. The van der Waals surface area contributed by atoms with E-state index in [1.165, 1.54) is 18.5 Å². The van der Waals surface area contributed by atoms with Crippen LogP contribution >= 0.6 is 0 Å². The van der Waals surface area contributed by atoms with Gasteiger partial charge in [-0.3, -0.25) is 14.7 Å². The highest BCUT2D eigenvalue weighted by Gasteiger charge is 2.14. The third-order valence-corrected chi connectivity index (χ3v) is 4.99. The quantitative estimate of drug-likeness (QED) is 0.580. The van der Waals surface area contributed by atoms with Crippen molar-refractivity contribution in [2.75, 3.05) is 23.2 Å². The Kier molecular flexibility index (Phi) is 5.87. The first-order chi connectivity index (χ1) is 13.0. The molecule has 1 aromatic carbocycles. The van der Waals surface area contributed by atoms with Gasteiger partial charge in [0.1, 0.15) is 17.3 Å². The van der Waals surface area contributed by atoms with Crippen LogP contribution in [-0.4, -0.2) is 31.5 Å². The number of nitrogens with one attached hydrogen (secondary N) is 2. The van der Waals surface area contributed by atoms with Gasteiger partial charge < -0.3 is 10.1 Å². The Bertz CT molecular complexity index is 980. The molecule has 2 N–H and O–H groups in total. The van der Waals surface area contributed by atoms with Gasteiger partial charge in [-0.1, -0.05) is 0 Å². The molecule has 0 aliphatic heterocycles. The van der Waals surface area contributed by atoms with E-state index < -0.39 is 10.0 Å². The number of sulfonamides is 1. The SMILES string of the molecule is Cc1cc(NS(=O)(=O)c2cccnc2)cc(OCCNc2ccncc2)c1. The van der Waals surface area contributed by atoms with E-state index in [1.807, 2.05) is 25.1 Å². The Balaban J connectivity index is 1.62. The maximum atomic E-state index is 12.4. The Morgan fingerprint density at radius 1 is 1.00 bits per heavy atom. The number of aromatic nitrogens is 2. The average Bonchev–Trinajstić information content (AvgIpc) is 2.66. The molecule has 0 radical (unpaired) electrons. The summed E-state index contributed by atoms with van der Waals surface area (Å²) in [6.45, 7) is 2.92. The van der Waals surface area contributed by atoms with Gasteiger partial charge in [-0.15, -0.1) is 0 Å². The predicted octanol–water partition coefficient (Wildman–Crippen LogP) is 3.08. The lowest BCUT2D eigenvalue weighted by molar-refractivity contribution is 0.333. The number of pyridine rings is 2. The topological polar surface area (TPSA) is 93.2 Å². The second kappa shape index (κ2) is 8.50. The molecule has 2 aromatic heterocycles. The number of anilines is 2. The van der Waals surface area contributed by atoms with Gasteiger partial charge in [-0.2, -0.15) is 0 Å². The number of hydrogen-bond donors (Lipinski definition) is 2. The molecular formula is C19H20N4O3S. The van der Waals surface area contributed by atoms with Gasteiger partial charge in [-0.25, -0.2) is 8.42 Å². The number of nitrogens with zero attached hydrogens (tertiary/aromatic N) is 2. The zero-order valence-corrected chi connectivity index (χ0v) is 15.6. The summed E-state index contributed by atoms with van der Waals surface area (Å²) in [6, 6.07) is 12.1. The molecule has 0 aliphatic carbocycles. The zero-order valence-electron chi connectivity index (χ0n) is 14.8. The third kappa shape index (κ3) is 5.42. The standard InChI is InChI=1S/C19H20N4O3S/c1-15-11-17(23-27(24,25)19-3-2-6-21-14-19)13-18(12-15)26-10-9-22-16-4-7-20-8-5-16/h2-8,11-14,23H,9-10H2,1H3,(H,20,22). The van der Waals surface area contributed by atoms with Crippen molar-refractivity contribution in [3.8, 4) is 5.75 Å². The molecule has 0 saturated carbocycles. The van der Waals surface area contributed by atoms with E-state index in [9.17, 15) is 8.42 Å². The lowest BCUT2D eigenvalue weighted by Gasteiger charge is -2.12. The third-order valence-electron chi connectivity index (χ3n) is 3.63. The first-order valence-corrected chi connectivity index (χ1v) is 9.82. The first kappa shape index (κ1) is 18.7. The summed E-state index contributed by atoms with van der Waals surface area (Å²) in [5.41, 5.74) is 2.29. The van der Waals surface area contributed by atoms with Crippen LogP contribution in [0.1, 0.15) is 5.56 Å². The zero-order chi connectivity index (χ0) is 19.1. The molecule has 0 atom stereocenters. The molecule has 2 heterocycles.